The maximum Gasteiger partial charge on any atom is 0.335 e. The number of carboxylic acid groups (broad SMARTS) is 1. The van der Waals surface area contributed by atoms with Crippen molar-refractivity contribution in [2.75, 3.05) is 0 Å². The van der Waals surface area contributed by atoms with Crippen molar-refractivity contribution in [1.29, 1.82) is 0 Å². The molecule has 0 spiro atoms. The molecule has 0 aliphatic heterocycles. The van der Waals surface area contributed by atoms with E-state index in [1.165, 1.54) is 18.2 Å². The second-order valence-electron chi connectivity index (χ2n) is 4.94. The van der Waals surface area contributed by atoms with Crippen LogP contribution in [0, 0.1) is 5.82 Å². The van der Waals surface area contributed by atoms with Crippen LogP contribution < -0.4 is 0 Å². The standard InChI is InChI=1S/C19H13FO2/c20-18-11-10-16(19(21)22)12-17(18)15-8-6-14(7-9-15)13-4-2-1-3-5-13/h1-12H,(H,21,22). The Morgan fingerprint density at radius 1 is 0.773 bits per heavy atom. The second kappa shape index (κ2) is 5.82. The molecule has 0 fully saturated rings. The molecule has 0 aliphatic rings. The summed E-state index contributed by atoms with van der Waals surface area (Å²) in [6, 6.07) is 21.1. The Bertz CT molecular complexity index is 809. The van der Waals surface area contributed by atoms with E-state index in [0.717, 1.165) is 11.1 Å². The van der Waals surface area contributed by atoms with Crippen molar-refractivity contribution in [1.82, 2.24) is 0 Å². The van der Waals surface area contributed by atoms with Crippen molar-refractivity contribution in [2.24, 2.45) is 0 Å². The molecule has 0 radical (unpaired) electrons. The first-order valence-corrected chi connectivity index (χ1v) is 6.84. The molecule has 3 rings (SSSR count). The van der Waals surface area contributed by atoms with Gasteiger partial charge in [0.05, 0.1) is 5.56 Å². The van der Waals surface area contributed by atoms with E-state index in [4.69, 9.17) is 5.11 Å². The van der Waals surface area contributed by atoms with E-state index in [-0.39, 0.29) is 5.56 Å². The highest BCUT2D eigenvalue weighted by atomic mass is 19.1. The Labute approximate surface area is 127 Å². The molecule has 3 aromatic rings. The predicted molar refractivity (Wildman–Crippen MR) is 84.2 cm³/mol. The van der Waals surface area contributed by atoms with Gasteiger partial charge in [-0.15, -0.1) is 0 Å². The third-order valence-corrected chi connectivity index (χ3v) is 3.52. The average molecular weight is 292 g/mol. The van der Waals surface area contributed by atoms with Gasteiger partial charge in [0.25, 0.3) is 0 Å². The topological polar surface area (TPSA) is 37.3 Å². The average Bonchev–Trinajstić information content (AvgIpc) is 2.56. The lowest BCUT2D eigenvalue weighted by Gasteiger charge is -2.07. The van der Waals surface area contributed by atoms with Crippen LogP contribution in [0.15, 0.2) is 72.8 Å². The van der Waals surface area contributed by atoms with Crippen LogP contribution >= 0.6 is 0 Å². The zero-order chi connectivity index (χ0) is 15.5. The molecule has 0 amide bonds. The van der Waals surface area contributed by atoms with E-state index < -0.39 is 11.8 Å². The van der Waals surface area contributed by atoms with Gasteiger partial charge in [-0.1, -0.05) is 54.6 Å². The van der Waals surface area contributed by atoms with Crippen molar-refractivity contribution < 1.29 is 14.3 Å². The molecule has 0 saturated carbocycles. The number of halogens is 1. The lowest BCUT2D eigenvalue weighted by atomic mass is 9.99. The minimum Gasteiger partial charge on any atom is -0.478 e. The first-order valence-electron chi connectivity index (χ1n) is 6.84. The van der Waals surface area contributed by atoms with Gasteiger partial charge in [-0.05, 0) is 34.9 Å². The number of aromatic carboxylic acids is 1. The molecule has 22 heavy (non-hydrogen) atoms. The fourth-order valence-electron chi connectivity index (χ4n) is 2.35. The number of hydrogen-bond acceptors (Lipinski definition) is 1. The van der Waals surface area contributed by atoms with Crippen molar-refractivity contribution in [2.45, 2.75) is 0 Å². The summed E-state index contributed by atoms with van der Waals surface area (Å²) in [7, 11) is 0. The van der Waals surface area contributed by atoms with Crippen molar-refractivity contribution in [3.8, 4) is 22.3 Å². The van der Waals surface area contributed by atoms with Crippen LogP contribution in [0.1, 0.15) is 10.4 Å². The Balaban J connectivity index is 2.00. The third kappa shape index (κ3) is 2.74. The first kappa shape index (κ1) is 14.0. The van der Waals surface area contributed by atoms with E-state index in [2.05, 4.69) is 0 Å². The largest absolute Gasteiger partial charge is 0.478 e. The molecule has 1 N–H and O–H groups in total. The number of carbonyl (C=O) groups is 1. The Kier molecular flexibility index (Phi) is 3.71. The highest BCUT2D eigenvalue weighted by Crippen LogP contribution is 2.27. The molecular weight excluding hydrogens is 279 g/mol. The first-order chi connectivity index (χ1) is 10.6. The van der Waals surface area contributed by atoms with Crippen molar-refractivity contribution >= 4 is 5.97 Å². The van der Waals surface area contributed by atoms with Gasteiger partial charge in [0.15, 0.2) is 0 Å². The van der Waals surface area contributed by atoms with E-state index >= 15 is 0 Å². The molecule has 0 heterocycles. The van der Waals surface area contributed by atoms with Gasteiger partial charge in [0, 0.05) is 5.56 Å². The summed E-state index contributed by atoms with van der Waals surface area (Å²) in [5.74, 6) is -1.50. The van der Waals surface area contributed by atoms with Gasteiger partial charge in [-0.2, -0.15) is 0 Å². The minimum atomic E-state index is -1.07. The zero-order valence-electron chi connectivity index (χ0n) is 11.7. The molecule has 3 aromatic carbocycles. The van der Waals surface area contributed by atoms with Gasteiger partial charge < -0.3 is 5.11 Å². The molecule has 2 nitrogen and oxygen atoms in total. The van der Waals surface area contributed by atoms with Crippen LogP contribution in [-0.4, -0.2) is 11.1 Å². The fourth-order valence-corrected chi connectivity index (χ4v) is 2.35. The fraction of sp³-hybridized carbons (Fsp3) is 0. The van der Waals surface area contributed by atoms with E-state index in [1.807, 2.05) is 42.5 Å². The molecule has 0 aromatic heterocycles. The summed E-state index contributed by atoms with van der Waals surface area (Å²) in [5, 5.41) is 9.02. The van der Waals surface area contributed by atoms with E-state index in [1.54, 1.807) is 12.1 Å². The summed E-state index contributed by atoms with van der Waals surface area (Å²) in [5.41, 5.74) is 3.12. The normalized spacial score (nSPS) is 10.4. The van der Waals surface area contributed by atoms with Crippen LogP contribution in [-0.2, 0) is 0 Å². The SMILES string of the molecule is O=C(O)c1ccc(F)c(-c2ccc(-c3ccccc3)cc2)c1. The summed E-state index contributed by atoms with van der Waals surface area (Å²) in [6.45, 7) is 0. The van der Waals surface area contributed by atoms with Crippen LogP contribution in [0.5, 0.6) is 0 Å². The van der Waals surface area contributed by atoms with Crippen LogP contribution in [0.2, 0.25) is 0 Å². The van der Waals surface area contributed by atoms with Gasteiger partial charge >= 0.3 is 5.97 Å². The smallest absolute Gasteiger partial charge is 0.335 e. The molecule has 3 heteroatoms. The Hall–Kier alpha value is -2.94. The summed E-state index contributed by atoms with van der Waals surface area (Å²) in [4.78, 5) is 11.0. The monoisotopic (exact) mass is 292 g/mol. The van der Waals surface area contributed by atoms with Crippen LogP contribution in [0.3, 0.4) is 0 Å². The quantitative estimate of drug-likeness (QED) is 0.748. The number of benzene rings is 3. The molecule has 0 unspecified atom stereocenters. The number of hydrogen-bond donors (Lipinski definition) is 1. The van der Waals surface area contributed by atoms with E-state index in [9.17, 15) is 9.18 Å². The highest BCUT2D eigenvalue weighted by molar-refractivity contribution is 5.89. The molecule has 0 saturated heterocycles. The predicted octanol–water partition coefficient (Wildman–Crippen LogP) is 4.86. The lowest BCUT2D eigenvalue weighted by molar-refractivity contribution is 0.0697. The third-order valence-electron chi connectivity index (χ3n) is 3.52. The van der Waals surface area contributed by atoms with Gasteiger partial charge in [0.2, 0.25) is 0 Å². The minimum absolute atomic E-state index is 0.0727. The Morgan fingerprint density at radius 3 is 2.00 bits per heavy atom. The molecule has 0 bridgehead atoms. The van der Waals surface area contributed by atoms with Gasteiger partial charge in [-0.3, -0.25) is 0 Å². The number of rotatable bonds is 3. The summed E-state index contributed by atoms with van der Waals surface area (Å²) in [6.07, 6.45) is 0. The molecule has 108 valence electrons. The highest BCUT2D eigenvalue weighted by Gasteiger charge is 2.10. The molecule has 0 aliphatic carbocycles. The van der Waals surface area contributed by atoms with Crippen molar-refractivity contribution in [3.05, 3.63) is 84.2 Å². The van der Waals surface area contributed by atoms with E-state index in [0.29, 0.717) is 11.1 Å². The Morgan fingerprint density at radius 2 is 1.36 bits per heavy atom. The molecule has 0 atom stereocenters. The van der Waals surface area contributed by atoms with Crippen molar-refractivity contribution in [3.63, 3.8) is 0 Å². The van der Waals surface area contributed by atoms with Gasteiger partial charge in [-0.25, -0.2) is 9.18 Å². The van der Waals surface area contributed by atoms with Gasteiger partial charge in [0.1, 0.15) is 5.82 Å². The lowest BCUT2D eigenvalue weighted by Crippen LogP contribution is -1.97. The zero-order valence-corrected chi connectivity index (χ0v) is 11.7. The second-order valence-corrected chi connectivity index (χ2v) is 4.94. The summed E-state index contributed by atoms with van der Waals surface area (Å²) >= 11 is 0. The molecular formula is C19H13FO2. The maximum absolute atomic E-state index is 13.9. The summed E-state index contributed by atoms with van der Waals surface area (Å²) < 4.78 is 13.9. The van der Waals surface area contributed by atoms with Crippen LogP contribution in [0.25, 0.3) is 22.3 Å². The maximum atomic E-state index is 13.9. The number of carboxylic acids is 1. The van der Waals surface area contributed by atoms with Crippen LogP contribution in [0.4, 0.5) is 4.39 Å².